The molecule has 0 bridgehead atoms. The molecule has 0 aliphatic carbocycles. The number of aliphatic imine (C=N–C) groups is 1. The lowest BCUT2D eigenvalue weighted by Gasteiger charge is -2.33. The van der Waals surface area contributed by atoms with Gasteiger partial charge in [0.2, 0.25) is 5.90 Å². The first-order valence-corrected chi connectivity index (χ1v) is 12.8. The Hall–Kier alpha value is -2.44. The van der Waals surface area contributed by atoms with Crippen LogP contribution in [0.4, 0.5) is 0 Å². The summed E-state index contributed by atoms with van der Waals surface area (Å²) in [6, 6.07) is 30.6. The van der Waals surface area contributed by atoms with Crippen LogP contribution in [0.1, 0.15) is 45.6 Å². The molecule has 1 atom stereocenters. The summed E-state index contributed by atoms with van der Waals surface area (Å²) in [5, 5.41) is 4.00. The van der Waals surface area contributed by atoms with Gasteiger partial charge in [0.05, 0.1) is 6.04 Å². The zero-order valence-electron chi connectivity index (χ0n) is 18.8. The van der Waals surface area contributed by atoms with Crippen molar-refractivity contribution >= 4 is 29.7 Å². The van der Waals surface area contributed by atoms with Crippen molar-refractivity contribution in [3.8, 4) is 0 Å². The molecule has 0 saturated heterocycles. The van der Waals surface area contributed by atoms with Gasteiger partial charge in [-0.15, -0.1) is 0 Å². The number of hydrogen-bond donors (Lipinski definition) is 0. The topological polar surface area (TPSA) is 21.6 Å². The number of benzene rings is 3. The lowest BCUT2D eigenvalue weighted by Crippen LogP contribution is -2.33. The molecule has 0 saturated carbocycles. The Balaban J connectivity index is 1.80. The third-order valence-corrected chi connectivity index (χ3v) is 9.38. The fraction of sp³-hybridized carbons (Fsp3) is 0.321. The van der Waals surface area contributed by atoms with Gasteiger partial charge in [-0.1, -0.05) is 99.6 Å². The zero-order chi connectivity index (χ0) is 21.7. The van der Waals surface area contributed by atoms with Gasteiger partial charge in [-0.3, -0.25) is 0 Å². The first-order chi connectivity index (χ1) is 15.2. The SMILES string of the molecule is CCC(CC)(CC)[C@H]1COC(c2ccccc2P(c2ccccc2)c2ccccc2)=N1. The molecule has 160 valence electrons. The molecule has 2 nitrogen and oxygen atoms in total. The third-order valence-electron chi connectivity index (χ3n) is 6.87. The van der Waals surface area contributed by atoms with E-state index in [4.69, 9.17) is 9.73 Å². The predicted octanol–water partition coefficient (Wildman–Crippen LogP) is 5.81. The van der Waals surface area contributed by atoms with Crippen LogP contribution in [-0.4, -0.2) is 18.5 Å². The standard InChI is InChI=1S/C28H32NOP/c1-4-28(5-2,6-3)26-21-30-27(29-26)24-19-13-14-20-25(24)31(22-15-9-7-10-16-22)23-17-11-8-12-18-23/h7-20,26H,4-6,21H2,1-3H3/t26-/m1/s1. The van der Waals surface area contributed by atoms with Crippen LogP contribution in [-0.2, 0) is 4.74 Å². The molecule has 31 heavy (non-hydrogen) atoms. The third kappa shape index (κ3) is 4.32. The van der Waals surface area contributed by atoms with E-state index in [2.05, 4.69) is 106 Å². The second-order valence-corrected chi connectivity index (χ2v) is 10.4. The van der Waals surface area contributed by atoms with Gasteiger partial charge in [-0.25, -0.2) is 4.99 Å². The normalized spacial score (nSPS) is 16.3. The number of hydrogen-bond acceptors (Lipinski definition) is 2. The Kier molecular flexibility index (Phi) is 6.88. The van der Waals surface area contributed by atoms with E-state index in [0.29, 0.717) is 6.61 Å². The Morgan fingerprint density at radius 1 is 0.774 bits per heavy atom. The summed E-state index contributed by atoms with van der Waals surface area (Å²) in [5.74, 6) is 0.819. The van der Waals surface area contributed by atoms with E-state index in [1.807, 2.05) is 0 Å². The summed E-state index contributed by atoms with van der Waals surface area (Å²) in [7, 11) is -0.697. The van der Waals surface area contributed by atoms with Gasteiger partial charge >= 0.3 is 0 Å². The monoisotopic (exact) mass is 429 g/mol. The van der Waals surface area contributed by atoms with Gasteiger partial charge in [-0.2, -0.15) is 0 Å². The van der Waals surface area contributed by atoms with Crippen LogP contribution in [0.2, 0.25) is 0 Å². The molecule has 3 aromatic carbocycles. The van der Waals surface area contributed by atoms with Gasteiger partial charge in [0, 0.05) is 5.56 Å². The molecule has 1 aliphatic heterocycles. The van der Waals surface area contributed by atoms with Crippen LogP contribution in [0.3, 0.4) is 0 Å². The Morgan fingerprint density at radius 2 is 1.29 bits per heavy atom. The molecule has 0 spiro atoms. The van der Waals surface area contributed by atoms with E-state index < -0.39 is 7.92 Å². The molecule has 0 fully saturated rings. The largest absolute Gasteiger partial charge is 0.475 e. The Bertz CT molecular complexity index is 964. The molecule has 0 N–H and O–H groups in total. The van der Waals surface area contributed by atoms with E-state index >= 15 is 0 Å². The smallest absolute Gasteiger partial charge is 0.217 e. The minimum absolute atomic E-state index is 0.223. The van der Waals surface area contributed by atoms with E-state index in [0.717, 1.165) is 30.7 Å². The maximum atomic E-state index is 6.29. The van der Waals surface area contributed by atoms with Crippen molar-refractivity contribution in [2.75, 3.05) is 6.61 Å². The maximum Gasteiger partial charge on any atom is 0.217 e. The highest BCUT2D eigenvalue weighted by atomic mass is 31.1. The molecule has 4 rings (SSSR count). The van der Waals surface area contributed by atoms with E-state index in [9.17, 15) is 0 Å². The first kappa shape index (κ1) is 21.8. The van der Waals surface area contributed by atoms with Crippen molar-refractivity contribution in [3.05, 3.63) is 90.5 Å². The van der Waals surface area contributed by atoms with Crippen molar-refractivity contribution in [1.29, 1.82) is 0 Å². The van der Waals surface area contributed by atoms with Crippen LogP contribution in [0.15, 0.2) is 89.9 Å². The Morgan fingerprint density at radius 3 is 1.84 bits per heavy atom. The van der Waals surface area contributed by atoms with E-state index in [-0.39, 0.29) is 11.5 Å². The molecular formula is C28H32NOP. The van der Waals surface area contributed by atoms with Crippen molar-refractivity contribution < 1.29 is 4.74 Å². The average molecular weight is 430 g/mol. The van der Waals surface area contributed by atoms with Crippen LogP contribution in [0, 0.1) is 5.41 Å². The van der Waals surface area contributed by atoms with Crippen LogP contribution in [0.25, 0.3) is 0 Å². The average Bonchev–Trinajstić information content (AvgIpc) is 3.33. The Labute approximate surface area is 188 Å². The van der Waals surface area contributed by atoms with Crippen LogP contribution in [0.5, 0.6) is 0 Å². The lowest BCUT2D eigenvalue weighted by atomic mass is 9.74. The summed E-state index contributed by atoms with van der Waals surface area (Å²) >= 11 is 0. The fourth-order valence-corrected chi connectivity index (χ4v) is 7.16. The molecule has 0 unspecified atom stereocenters. The molecular weight excluding hydrogens is 397 g/mol. The quantitative estimate of drug-likeness (QED) is 0.414. The van der Waals surface area contributed by atoms with Crippen molar-refractivity contribution in [3.63, 3.8) is 0 Å². The van der Waals surface area contributed by atoms with Crippen molar-refractivity contribution in [2.24, 2.45) is 10.4 Å². The van der Waals surface area contributed by atoms with Crippen molar-refractivity contribution in [1.82, 2.24) is 0 Å². The molecule has 1 heterocycles. The molecule has 0 aromatic heterocycles. The minimum Gasteiger partial charge on any atom is -0.475 e. The summed E-state index contributed by atoms with van der Waals surface area (Å²) in [6.45, 7) is 7.56. The summed E-state index contributed by atoms with van der Waals surface area (Å²) in [6.07, 6.45) is 3.40. The highest BCUT2D eigenvalue weighted by Gasteiger charge is 2.38. The van der Waals surface area contributed by atoms with Gasteiger partial charge in [0.15, 0.2) is 0 Å². The lowest BCUT2D eigenvalue weighted by molar-refractivity contribution is 0.159. The predicted molar refractivity (Wildman–Crippen MR) is 135 cm³/mol. The number of nitrogens with zero attached hydrogens (tertiary/aromatic N) is 1. The first-order valence-electron chi connectivity index (χ1n) is 11.4. The molecule has 0 amide bonds. The van der Waals surface area contributed by atoms with Gasteiger partial charge in [0.25, 0.3) is 0 Å². The summed E-state index contributed by atoms with van der Waals surface area (Å²) < 4.78 is 6.29. The molecule has 3 heteroatoms. The fourth-order valence-electron chi connectivity index (χ4n) is 4.72. The van der Waals surface area contributed by atoms with Crippen LogP contribution >= 0.6 is 7.92 Å². The molecule has 3 aromatic rings. The van der Waals surface area contributed by atoms with E-state index in [1.165, 1.54) is 15.9 Å². The molecule has 0 radical (unpaired) electrons. The van der Waals surface area contributed by atoms with E-state index in [1.54, 1.807) is 0 Å². The second kappa shape index (κ2) is 9.79. The van der Waals surface area contributed by atoms with Crippen LogP contribution < -0.4 is 15.9 Å². The maximum absolute atomic E-state index is 6.29. The van der Waals surface area contributed by atoms with Gasteiger partial charge in [0.1, 0.15) is 6.61 Å². The highest BCUT2D eigenvalue weighted by Crippen LogP contribution is 2.40. The zero-order valence-corrected chi connectivity index (χ0v) is 19.7. The van der Waals surface area contributed by atoms with Gasteiger partial charge < -0.3 is 4.74 Å². The van der Waals surface area contributed by atoms with Gasteiger partial charge in [-0.05, 0) is 54.6 Å². The number of ether oxygens (including phenoxy) is 1. The second-order valence-electron chi connectivity index (χ2n) is 8.21. The van der Waals surface area contributed by atoms with Crippen molar-refractivity contribution in [2.45, 2.75) is 46.1 Å². The summed E-state index contributed by atoms with van der Waals surface area (Å²) in [4.78, 5) is 5.18. The molecule has 1 aliphatic rings. The number of rotatable bonds is 8. The summed E-state index contributed by atoms with van der Waals surface area (Å²) in [5.41, 5.74) is 1.36. The minimum atomic E-state index is -0.697. The highest BCUT2D eigenvalue weighted by molar-refractivity contribution is 7.80.